The molecule has 0 saturated carbocycles. The first-order chi connectivity index (χ1) is 9.29. The number of carbonyl (C=O) groups excluding carboxylic acids is 1. The molecule has 3 N–H and O–H groups in total. The van der Waals surface area contributed by atoms with Crippen LogP contribution < -0.4 is 4.72 Å². The van der Waals surface area contributed by atoms with E-state index in [-0.39, 0.29) is 10.5 Å². The maximum Gasteiger partial charge on any atom is 0.264 e. The van der Waals surface area contributed by atoms with E-state index >= 15 is 0 Å². The van der Waals surface area contributed by atoms with Crippen molar-refractivity contribution in [1.82, 2.24) is 4.72 Å². The first-order valence-corrected chi connectivity index (χ1v) is 7.06. The summed E-state index contributed by atoms with van der Waals surface area (Å²) in [6.45, 7) is -0.160. The smallest absolute Gasteiger partial charge is 0.264 e. The summed E-state index contributed by atoms with van der Waals surface area (Å²) in [4.78, 5) is 11.6. The Hall–Kier alpha value is -1.95. The van der Waals surface area contributed by atoms with Gasteiger partial charge in [-0.25, -0.2) is 13.1 Å². The molecule has 7 nitrogen and oxygen atoms in total. The molecule has 0 aliphatic rings. The summed E-state index contributed by atoms with van der Waals surface area (Å²) in [6.07, 6.45) is 0. The maximum absolute atomic E-state index is 11.9. The third kappa shape index (κ3) is 3.33. The van der Waals surface area contributed by atoms with E-state index in [1.807, 2.05) is 6.07 Å². The Balaban J connectivity index is 3.01. The van der Waals surface area contributed by atoms with Crippen molar-refractivity contribution in [2.75, 3.05) is 13.2 Å². The molecule has 20 heavy (non-hydrogen) atoms. The number of amides is 1. The van der Waals surface area contributed by atoms with E-state index in [2.05, 4.69) is 0 Å². The number of rotatable bonds is 5. The highest BCUT2D eigenvalue weighted by Gasteiger charge is 2.34. The van der Waals surface area contributed by atoms with Crippen molar-refractivity contribution in [1.29, 1.82) is 5.26 Å². The number of hydrogen-bond acceptors (Lipinski definition) is 6. The van der Waals surface area contributed by atoms with Gasteiger partial charge in [-0.3, -0.25) is 4.79 Å². The summed E-state index contributed by atoms with van der Waals surface area (Å²) in [5.41, 5.74) is -1.31. The fourth-order valence-corrected chi connectivity index (χ4v) is 2.31. The van der Waals surface area contributed by atoms with Gasteiger partial charge in [0.25, 0.3) is 10.0 Å². The van der Waals surface area contributed by atoms with Gasteiger partial charge in [-0.05, 0) is 31.2 Å². The van der Waals surface area contributed by atoms with Crippen LogP contribution in [-0.4, -0.2) is 37.8 Å². The molecule has 1 aromatic carbocycles. The molecule has 0 aromatic heterocycles. The molecular weight excluding hydrogens is 284 g/mol. The Morgan fingerprint density at radius 3 is 2.20 bits per heavy atom. The zero-order valence-electron chi connectivity index (χ0n) is 10.7. The number of carbonyl (C=O) groups is 1. The standard InChI is InChI=1S/C12H14N2O5S/c1-12(7-15,8-16)11(17)14-20(18,19)10-4-2-9(6-13)3-5-10/h2-5,15-16H,7-8H2,1H3,(H,14,17). The Morgan fingerprint density at radius 2 is 1.80 bits per heavy atom. The molecule has 0 bridgehead atoms. The number of sulfonamides is 1. The number of nitrogens with zero attached hydrogens (tertiary/aromatic N) is 1. The third-order valence-electron chi connectivity index (χ3n) is 2.77. The largest absolute Gasteiger partial charge is 0.395 e. The van der Waals surface area contributed by atoms with Crippen LogP contribution >= 0.6 is 0 Å². The molecular formula is C12H14N2O5S. The van der Waals surface area contributed by atoms with Gasteiger partial charge in [0.2, 0.25) is 5.91 Å². The highest BCUT2D eigenvalue weighted by molar-refractivity contribution is 7.90. The quantitative estimate of drug-likeness (QED) is 0.663. The fraction of sp³-hybridized carbons (Fsp3) is 0.333. The number of nitrogens with one attached hydrogen (secondary N) is 1. The van der Waals surface area contributed by atoms with Crippen molar-refractivity contribution in [2.24, 2.45) is 5.41 Å². The highest BCUT2D eigenvalue weighted by Crippen LogP contribution is 2.17. The fourth-order valence-electron chi connectivity index (χ4n) is 1.21. The molecule has 0 aliphatic carbocycles. The van der Waals surface area contributed by atoms with Crippen molar-refractivity contribution in [2.45, 2.75) is 11.8 Å². The summed E-state index contributed by atoms with van der Waals surface area (Å²) in [6, 6.07) is 6.81. The average Bonchev–Trinajstić information content (AvgIpc) is 2.45. The number of aliphatic hydroxyl groups excluding tert-OH is 2. The van der Waals surface area contributed by atoms with Crippen LogP contribution in [-0.2, 0) is 14.8 Å². The molecule has 8 heteroatoms. The lowest BCUT2D eigenvalue weighted by Gasteiger charge is -2.23. The molecule has 0 spiro atoms. The van der Waals surface area contributed by atoms with Crippen LogP contribution in [0.3, 0.4) is 0 Å². The second kappa shape index (κ2) is 6.00. The molecule has 1 amide bonds. The molecule has 108 valence electrons. The summed E-state index contributed by atoms with van der Waals surface area (Å²) < 4.78 is 25.7. The molecule has 0 saturated heterocycles. The molecule has 0 fully saturated rings. The number of hydrogen-bond donors (Lipinski definition) is 3. The van der Waals surface area contributed by atoms with Crippen molar-refractivity contribution < 1.29 is 23.4 Å². The van der Waals surface area contributed by atoms with Crippen LogP contribution in [0.4, 0.5) is 0 Å². The Labute approximate surface area is 116 Å². The monoisotopic (exact) mass is 298 g/mol. The predicted molar refractivity (Wildman–Crippen MR) is 68.8 cm³/mol. The Kier molecular flexibility index (Phi) is 4.83. The molecule has 0 radical (unpaired) electrons. The molecule has 0 unspecified atom stereocenters. The van der Waals surface area contributed by atoms with Crippen LogP contribution in [0.15, 0.2) is 29.2 Å². The van der Waals surface area contributed by atoms with E-state index in [0.29, 0.717) is 0 Å². The number of aliphatic hydroxyl groups is 2. The van der Waals surface area contributed by atoms with Crippen LogP contribution in [0.1, 0.15) is 12.5 Å². The van der Waals surface area contributed by atoms with Crippen LogP contribution in [0.2, 0.25) is 0 Å². The zero-order chi connectivity index (χ0) is 15.4. The minimum absolute atomic E-state index is 0.192. The lowest BCUT2D eigenvalue weighted by molar-refractivity contribution is -0.132. The average molecular weight is 298 g/mol. The maximum atomic E-state index is 11.9. The van der Waals surface area contributed by atoms with Gasteiger partial charge < -0.3 is 10.2 Å². The van der Waals surface area contributed by atoms with Crippen molar-refractivity contribution in [3.05, 3.63) is 29.8 Å². The van der Waals surface area contributed by atoms with Gasteiger partial charge in [-0.1, -0.05) is 0 Å². The highest BCUT2D eigenvalue weighted by atomic mass is 32.2. The molecule has 0 aliphatic heterocycles. The van der Waals surface area contributed by atoms with E-state index in [1.54, 1.807) is 4.72 Å². The van der Waals surface area contributed by atoms with Gasteiger partial charge in [0.15, 0.2) is 0 Å². The number of nitriles is 1. The SMILES string of the molecule is CC(CO)(CO)C(=O)NS(=O)(=O)c1ccc(C#N)cc1. The van der Waals surface area contributed by atoms with Crippen molar-refractivity contribution in [3.8, 4) is 6.07 Å². The summed E-state index contributed by atoms with van der Waals surface area (Å²) >= 11 is 0. The van der Waals surface area contributed by atoms with Crippen LogP contribution in [0.5, 0.6) is 0 Å². The van der Waals surface area contributed by atoms with Gasteiger partial charge in [-0.2, -0.15) is 5.26 Å². The topological polar surface area (TPSA) is 127 Å². The van der Waals surface area contributed by atoms with E-state index in [0.717, 1.165) is 0 Å². The molecule has 0 atom stereocenters. The third-order valence-corrected chi connectivity index (χ3v) is 4.11. The Bertz CT molecular complexity index is 627. The predicted octanol–water partition coefficient (Wildman–Crippen LogP) is -0.646. The summed E-state index contributed by atoms with van der Waals surface area (Å²) in [7, 11) is -4.12. The minimum Gasteiger partial charge on any atom is -0.395 e. The van der Waals surface area contributed by atoms with E-state index in [4.69, 9.17) is 15.5 Å². The van der Waals surface area contributed by atoms with Gasteiger partial charge in [0, 0.05) is 0 Å². The molecule has 1 aromatic rings. The second-order valence-electron chi connectivity index (χ2n) is 4.45. The van der Waals surface area contributed by atoms with E-state index in [9.17, 15) is 13.2 Å². The number of benzene rings is 1. The van der Waals surface area contributed by atoms with Gasteiger partial charge in [-0.15, -0.1) is 0 Å². The normalized spacial score (nSPS) is 11.7. The van der Waals surface area contributed by atoms with Gasteiger partial charge in [0.05, 0.1) is 35.2 Å². The van der Waals surface area contributed by atoms with Gasteiger partial charge >= 0.3 is 0 Å². The first-order valence-electron chi connectivity index (χ1n) is 5.58. The lowest BCUT2D eigenvalue weighted by atomic mass is 9.92. The van der Waals surface area contributed by atoms with E-state index in [1.165, 1.54) is 31.2 Å². The zero-order valence-corrected chi connectivity index (χ0v) is 11.5. The van der Waals surface area contributed by atoms with Crippen molar-refractivity contribution >= 4 is 15.9 Å². The summed E-state index contributed by atoms with van der Waals surface area (Å²) in [5, 5.41) is 26.7. The van der Waals surface area contributed by atoms with Crippen LogP contribution in [0, 0.1) is 16.7 Å². The van der Waals surface area contributed by atoms with Gasteiger partial charge in [0.1, 0.15) is 0 Å². The van der Waals surface area contributed by atoms with Crippen molar-refractivity contribution in [3.63, 3.8) is 0 Å². The summed E-state index contributed by atoms with van der Waals surface area (Å²) in [5.74, 6) is -1.01. The molecule has 0 heterocycles. The molecule has 1 rings (SSSR count). The van der Waals surface area contributed by atoms with E-state index < -0.39 is 34.6 Å². The first kappa shape index (κ1) is 16.1. The minimum atomic E-state index is -4.12. The second-order valence-corrected chi connectivity index (χ2v) is 6.13. The Morgan fingerprint density at radius 1 is 1.30 bits per heavy atom. The van der Waals surface area contributed by atoms with Crippen LogP contribution in [0.25, 0.3) is 0 Å². The lowest BCUT2D eigenvalue weighted by Crippen LogP contribution is -2.46.